The zero-order valence-electron chi connectivity index (χ0n) is 10.8. The maximum absolute atomic E-state index is 12.0. The van der Waals surface area contributed by atoms with Crippen molar-refractivity contribution in [1.82, 2.24) is 25.5 Å². The third-order valence-electron chi connectivity index (χ3n) is 3.17. The molecule has 2 heterocycles. The van der Waals surface area contributed by atoms with Gasteiger partial charge in [-0.1, -0.05) is 5.21 Å². The first kappa shape index (κ1) is 13.4. The minimum Gasteiger partial charge on any atom is -0.466 e. The lowest BCUT2D eigenvalue weighted by atomic mass is 9.97. The van der Waals surface area contributed by atoms with Crippen molar-refractivity contribution in [2.75, 3.05) is 19.7 Å². The second kappa shape index (κ2) is 6.26. The van der Waals surface area contributed by atoms with Crippen LogP contribution in [0.4, 0.5) is 0 Å². The third-order valence-corrected chi connectivity index (χ3v) is 3.17. The molecule has 0 saturated carbocycles. The largest absolute Gasteiger partial charge is 0.466 e. The first-order valence-electron chi connectivity index (χ1n) is 6.37. The van der Waals surface area contributed by atoms with Crippen LogP contribution in [0.5, 0.6) is 0 Å². The minimum absolute atomic E-state index is 0.0382. The number of nitrogens with zero attached hydrogens (tertiary/aromatic N) is 4. The van der Waals surface area contributed by atoms with Gasteiger partial charge in [-0.15, -0.1) is 10.2 Å². The second-order valence-electron chi connectivity index (χ2n) is 4.41. The molecular formula is C11H17N5O3. The highest BCUT2D eigenvalue weighted by Gasteiger charge is 2.28. The number of carbonyl (C=O) groups is 2. The van der Waals surface area contributed by atoms with E-state index in [9.17, 15) is 9.59 Å². The van der Waals surface area contributed by atoms with Crippen molar-refractivity contribution >= 4 is 11.9 Å². The van der Waals surface area contributed by atoms with Crippen molar-refractivity contribution < 1.29 is 14.3 Å². The van der Waals surface area contributed by atoms with E-state index in [1.165, 1.54) is 0 Å². The van der Waals surface area contributed by atoms with Crippen molar-refractivity contribution in [2.24, 2.45) is 5.92 Å². The van der Waals surface area contributed by atoms with Gasteiger partial charge in [0.25, 0.3) is 0 Å². The summed E-state index contributed by atoms with van der Waals surface area (Å²) in [7, 11) is 0. The summed E-state index contributed by atoms with van der Waals surface area (Å²) < 4.78 is 4.99. The zero-order valence-corrected chi connectivity index (χ0v) is 10.8. The molecule has 8 nitrogen and oxygen atoms in total. The fourth-order valence-electron chi connectivity index (χ4n) is 2.13. The van der Waals surface area contributed by atoms with Crippen molar-refractivity contribution in [3.05, 3.63) is 5.82 Å². The van der Waals surface area contributed by atoms with Crippen LogP contribution in [0.3, 0.4) is 0 Å². The van der Waals surface area contributed by atoms with Crippen LogP contribution in [0.1, 0.15) is 25.6 Å². The van der Waals surface area contributed by atoms with Crippen molar-refractivity contribution in [3.63, 3.8) is 0 Å². The molecule has 0 atom stereocenters. The predicted molar refractivity (Wildman–Crippen MR) is 63.8 cm³/mol. The Labute approximate surface area is 110 Å². The van der Waals surface area contributed by atoms with Gasteiger partial charge >= 0.3 is 5.97 Å². The van der Waals surface area contributed by atoms with Crippen LogP contribution in [0.2, 0.25) is 0 Å². The van der Waals surface area contributed by atoms with E-state index >= 15 is 0 Å². The lowest BCUT2D eigenvalue weighted by molar-refractivity contribution is -0.151. The summed E-state index contributed by atoms with van der Waals surface area (Å²) in [5.74, 6) is 0.100. The Hall–Kier alpha value is -1.99. The van der Waals surface area contributed by atoms with Crippen LogP contribution in [-0.2, 0) is 20.7 Å². The van der Waals surface area contributed by atoms with Crippen LogP contribution in [0.25, 0.3) is 0 Å². The first-order valence-corrected chi connectivity index (χ1v) is 6.37. The number of ether oxygens (including phenoxy) is 1. The number of hydrogen-bond donors (Lipinski definition) is 1. The molecule has 1 fully saturated rings. The number of piperidine rings is 1. The molecule has 0 spiro atoms. The smallest absolute Gasteiger partial charge is 0.309 e. The van der Waals surface area contributed by atoms with Crippen molar-refractivity contribution in [3.8, 4) is 0 Å². The van der Waals surface area contributed by atoms with Gasteiger partial charge in [-0.3, -0.25) is 9.59 Å². The summed E-state index contributed by atoms with van der Waals surface area (Å²) in [5, 5.41) is 13.2. The highest BCUT2D eigenvalue weighted by atomic mass is 16.5. The average molecular weight is 267 g/mol. The molecule has 0 aromatic carbocycles. The van der Waals surface area contributed by atoms with Crippen LogP contribution >= 0.6 is 0 Å². The molecule has 0 aliphatic carbocycles. The molecule has 1 aliphatic heterocycles. The highest BCUT2D eigenvalue weighted by molar-refractivity contribution is 5.78. The van der Waals surface area contributed by atoms with E-state index in [1.807, 2.05) is 0 Å². The summed E-state index contributed by atoms with van der Waals surface area (Å²) in [5.41, 5.74) is 0. The fourth-order valence-corrected chi connectivity index (χ4v) is 2.13. The van der Waals surface area contributed by atoms with Crippen molar-refractivity contribution in [2.45, 2.75) is 26.2 Å². The molecular weight excluding hydrogens is 250 g/mol. The molecule has 0 unspecified atom stereocenters. The third kappa shape index (κ3) is 3.49. The van der Waals surface area contributed by atoms with Gasteiger partial charge in [-0.25, -0.2) is 0 Å². The Balaban J connectivity index is 1.79. The number of likely N-dealkylation sites (tertiary alicyclic amines) is 1. The van der Waals surface area contributed by atoms with Gasteiger partial charge in [-0.05, 0) is 19.8 Å². The maximum atomic E-state index is 12.0. The monoisotopic (exact) mass is 267 g/mol. The van der Waals surface area contributed by atoms with E-state index < -0.39 is 0 Å². The lowest BCUT2D eigenvalue weighted by Gasteiger charge is -2.30. The average Bonchev–Trinajstić information content (AvgIpc) is 2.92. The van der Waals surface area contributed by atoms with Gasteiger partial charge in [0.15, 0.2) is 5.82 Å². The van der Waals surface area contributed by atoms with E-state index in [0.717, 1.165) is 0 Å². The van der Waals surface area contributed by atoms with Crippen LogP contribution < -0.4 is 0 Å². The molecule has 2 rings (SSSR count). The number of aromatic amines is 1. The Kier molecular flexibility index (Phi) is 4.43. The quantitative estimate of drug-likeness (QED) is 0.741. The number of aromatic nitrogens is 4. The number of amides is 1. The van der Waals surface area contributed by atoms with E-state index in [2.05, 4.69) is 20.6 Å². The molecule has 1 aromatic rings. The van der Waals surface area contributed by atoms with Crippen LogP contribution in [0.15, 0.2) is 0 Å². The van der Waals surface area contributed by atoms with E-state index in [0.29, 0.717) is 38.4 Å². The molecule has 104 valence electrons. The van der Waals surface area contributed by atoms with Gasteiger partial charge in [0, 0.05) is 13.1 Å². The number of nitrogens with one attached hydrogen (secondary N) is 1. The number of hydrogen-bond acceptors (Lipinski definition) is 6. The fraction of sp³-hybridized carbons (Fsp3) is 0.727. The molecule has 19 heavy (non-hydrogen) atoms. The Morgan fingerprint density at radius 1 is 1.42 bits per heavy atom. The molecule has 0 bridgehead atoms. The summed E-state index contributed by atoms with van der Waals surface area (Å²) in [6, 6.07) is 0. The van der Waals surface area contributed by atoms with E-state index in [1.54, 1.807) is 11.8 Å². The Morgan fingerprint density at radius 2 is 2.16 bits per heavy atom. The minimum atomic E-state index is -0.159. The molecule has 1 saturated heterocycles. The molecule has 8 heteroatoms. The Morgan fingerprint density at radius 3 is 2.74 bits per heavy atom. The van der Waals surface area contributed by atoms with Crippen molar-refractivity contribution in [1.29, 1.82) is 0 Å². The molecule has 1 aliphatic rings. The summed E-state index contributed by atoms with van der Waals surface area (Å²) in [6.07, 6.45) is 1.44. The van der Waals surface area contributed by atoms with Gasteiger partial charge in [0.1, 0.15) is 0 Å². The predicted octanol–water partition coefficient (Wildman–Crippen LogP) is -0.456. The molecule has 1 amide bonds. The molecule has 1 N–H and O–H groups in total. The topological polar surface area (TPSA) is 101 Å². The van der Waals surface area contributed by atoms with Gasteiger partial charge in [0.05, 0.1) is 18.9 Å². The number of carbonyl (C=O) groups excluding carboxylic acids is 2. The first-order chi connectivity index (χ1) is 9.20. The van der Waals surface area contributed by atoms with Crippen LogP contribution in [0, 0.1) is 5.92 Å². The maximum Gasteiger partial charge on any atom is 0.309 e. The highest BCUT2D eigenvalue weighted by Crippen LogP contribution is 2.19. The SMILES string of the molecule is CCOC(=O)C1CCN(C(=O)Cc2nn[nH]n2)CC1. The lowest BCUT2D eigenvalue weighted by Crippen LogP contribution is -2.41. The number of rotatable bonds is 4. The summed E-state index contributed by atoms with van der Waals surface area (Å²) in [4.78, 5) is 25.3. The molecule has 0 radical (unpaired) electrons. The standard InChI is InChI=1S/C11H17N5O3/c1-2-19-11(18)8-3-5-16(6-4-8)10(17)7-9-12-14-15-13-9/h8H,2-7H2,1H3,(H,12,13,14,15). The second-order valence-corrected chi connectivity index (χ2v) is 4.41. The summed E-state index contributed by atoms with van der Waals surface area (Å²) in [6.45, 7) is 3.33. The van der Waals surface area contributed by atoms with Gasteiger partial charge in [-0.2, -0.15) is 5.21 Å². The Bertz CT molecular complexity index is 426. The number of H-pyrrole nitrogens is 1. The van der Waals surface area contributed by atoms with Gasteiger partial charge < -0.3 is 9.64 Å². The zero-order chi connectivity index (χ0) is 13.7. The summed E-state index contributed by atoms with van der Waals surface area (Å²) >= 11 is 0. The van der Waals surface area contributed by atoms with Gasteiger partial charge in [0.2, 0.25) is 5.91 Å². The van der Waals surface area contributed by atoms with E-state index in [4.69, 9.17) is 4.74 Å². The molecule has 1 aromatic heterocycles. The number of esters is 1. The normalized spacial score (nSPS) is 16.4. The number of tetrazole rings is 1. The van der Waals surface area contributed by atoms with E-state index in [-0.39, 0.29) is 24.2 Å². The van der Waals surface area contributed by atoms with Crippen LogP contribution in [-0.4, -0.2) is 57.1 Å².